The van der Waals surface area contributed by atoms with Gasteiger partial charge >= 0.3 is 5.97 Å². The number of ether oxygens (including phenoxy) is 1. The maximum absolute atomic E-state index is 12.2. The number of esters is 1. The SMILES string of the molecule is CN(CCCC(=O)Oc1cc(Cl)ccc1Cl)S(=O)(=O)c1cccs1. The molecule has 2 aromatic rings. The van der Waals surface area contributed by atoms with Gasteiger partial charge in [0.05, 0.1) is 5.02 Å². The zero-order chi connectivity index (χ0) is 17.7. The average molecular weight is 408 g/mol. The van der Waals surface area contributed by atoms with Crippen LogP contribution >= 0.6 is 34.5 Å². The lowest BCUT2D eigenvalue weighted by atomic mass is 10.3. The van der Waals surface area contributed by atoms with Crippen molar-refractivity contribution >= 4 is 50.5 Å². The van der Waals surface area contributed by atoms with E-state index in [-0.39, 0.29) is 27.9 Å². The number of rotatable bonds is 7. The highest BCUT2D eigenvalue weighted by Crippen LogP contribution is 2.28. The maximum Gasteiger partial charge on any atom is 0.311 e. The van der Waals surface area contributed by atoms with Crippen molar-refractivity contribution in [1.29, 1.82) is 0 Å². The van der Waals surface area contributed by atoms with Crippen molar-refractivity contribution in [2.45, 2.75) is 17.1 Å². The topological polar surface area (TPSA) is 63.7 Å². The number of carbonyl (C=O) groups excluding carboxylic acids is 1. The lowest BCUT2D eigenvalue weighted by Gasteiger charge is -2.15. The van der Waals surface area contributed by atoms with Gasteiger partial charge in [0.25, 0.3) is 10.0 Å². The number of thiophene rings is 1. The minimum atomic E-state index is -3.50. The van der Waals surface area contributed by atoms with Gasteiger partial charge in [0.2, 0.25) is 0 Å². The van der Waals surface area contributed by atoms with Crippen LogP contribution in [0.2, 0.25) is 10.0 Å². The van der Waals surface area contributed by atoms with Gasteiger partial charge in [-0.15, -0.1) is 11.3 Å². The Hall–Kier alpha value is -1.12. The van der Waals surface area contributed by atoms with Crippen molar-refractivity contribution in [3.8, 4) is 5.75 Å². The molecule has 0 radical (unpaired) electrons. The van der Waals surface area contributed by atoms with E-state index in [0.717, 1.165) is 11.3 Å². The molecule has 130 valence electrons. The van der Waals surface area contributed by atoms with Crippen molar-refractivity contribution < 1.29 is 17.9 Å². The van der Waals surface area contributed by atoms with Crippen LogP contribution in [0.5, 0.6) is 5.75 Å². The molecule has 1 heterocycles. The van der Waals surface area contributed by atoms with Gasteiger partial charge in [-0.25, -0.2) is 12.7 Å². The molecule has 0 fully saturated rings. The Bertz CT molecular complexity index is 807. The van der Waals surface area contributed by atoms with Gasteiger partial charge < -0.3 is 4.74 Å². The van der Waals surface area contributed by atoms with E-state index in [1.165, 1.54) is 23.5 Å². The quantitative estimate of drug-likeness (QED) is 0.512. The van der Waals surface area contributed by atoms with Gasteiger partial charge in [-0.1, -0.05) is 29.3 Å². The van der Waals surface area contributed by atoms with Crippen LogP contribution in [0.3, 0.4) is 0 Å². The standard InChI is InChI=1S/C15H15Cl2NO4S2/c1-18(24(20,21)15-5-3-9-23-15)8-2-4-14(19)22-13-10-11(16)6-7-12(13)17/h3,5-7,9-10H,2,4,8H2,1H3. The highest BCUT2D eigenvalue weighted by Gasteiger charge is 2.21. The molecule has 9 heteroatoms. The summed E-state index contributed by atoms with van der Waals surface area (Å²) in [6, 6.07) is 7.80. The van der Waals surface area contributed by atoms with E-state index in [9.17, 15) is 13.2 Å². The summed E-state index contributed by atoms with van der Waals surface area (Å²) in [6.45, 7) is 0.207. The molecule has 0 aliphatic carbocycles. The van der Waals surface area contributed by atoms with Crippen LogP contribution in [0.25, 0.3) is 0 Å². The fourth-order valence-corrected chi connectivity index (χ4v) is 4.59. The van der Waals surface area contributed by atoms with E-state index in [1.54, 1.807) is 23.6 Å². The molecule has 0 saturated heterocycles. The van der Waals surface area contributed by atoms with Crippen LogP contribution < -0.4 is 4.74 Å². The summed E-state index contributed by atoms with van der Waals surface area (Å²) >= 11 is 12.9. The monoisotopic (exact) mass is 407 g/mol. The molecule has 0 N–H and O–H groups in total. The van der Waals surface area contributed by atoms with Crippen LogP contribution in [-0.4, -0.2) is 32.3 Å². The summed E-state index contributed by atoms with van der Waals surface area (Å²) in [7, 11) is -2.02. The van der Waals surface area contributed by atoms with E-state index < -0.39 is 16.0 Å². The number of halogens is 2. The Kier molecular flexibility index (Phi) is 6.65. The molecule has 24 heavy (non-hydrogen) atoms. The first-order valence-electron chi connectivity index (χ1n) is 6.96. The summed E-state index contributed by atoms with van der Waals surface area (Å²) in [6.07, 6.45) is 0.394. The first-order valence-corrected chi connectivity index (χ1v) is 10.0. The predicted octanol–water partition coefficient (Wildman–Crippen LogP) is 4.06. The third kappa shape index (κ3) is 4.94. The van der Waals surface area contributed by atoms with Gasteiger partial charge in [0.15, 0.2) is 5.75 Å². The maximum atomic E-state index is 12.2. The van der Waals surface area contributed by atoms with Gasteiger partial charge in [-0.2, -0.15) is 0 Å². The number of hydrogen-bond donors (Lipinski definition) is 0. The lowest BCUT2D eigenvalue weighted by Crippen LogP contribution is -2.28. The zero-order valence-corrected chi connectivity index (χ0v) is 15.9. The first kappa shape index (κ1) is 19.2. The summed E-state index contributed by atoms with van der Waals surface area (Å²) in [4.78, 5) is 11.8. The molecular weight excluding hydrogens is 393 g/mol. The molecule has 0 unspecified atom stereocenters. The second kappa shape index (κ2) is 8.31. The van der Waals surface area contributed by atoms with Gasteiger partial charge in [0.1, 0.15) is 4.21 Å². The molecule has 2 rings (SSSR count). The van der Waals surface area contributed by atoms with Crippen LogP contribution in [0, 0.1) is 0 Å². The normalized spacial score (nSPS) is 11.7. The Morgan fingerprint density at radius 3 is 2.71 bits per heavy atom. The molecule has 0 amide bonds. The Morgan fingerprint density at radius 1 is 1.29 bits per heavy atom. The van der Waals surface area contributed by atoms with E-state index in [1.807, 2.05) is 0 Å². The zero-order valence-electron chi connectivity index (χ0n) is 12.7. The largest absolute Gasteiger partial charge is 0.425 e. The van der Waals surface area contributed by atoms with Crippen molar-refractivity contribution in [1.82, 2.24) is 4.31 Å². The average Bonchev–Trinajstić information content (AvgIpc) is 3.06. The number of carbonyl (C=O) groups is 1. The molecule has 0 aliphatic rings. The Balaban J connectivity index is 1.85. The summed E-state index contributed by atoms with van der Waals surface area (Å²) in [5, 5.41) is 2.39. The summed E-state index contributed by atoms with van der Waals surface area (Å²) < 4.78 is 31.1. The fraction of sp³-hybridized carbons (Fsp3) is 0.267. The molecular formula is C15H15Cl2NO4S2. The molecule has 0 aliphatic heterocycles. The summed E-state index contributed by atoms with van der Waals surface area (Å²) in [5.41, 5.74) is 0. The summed E-state index contributed by atoms with van der Waals surface area (Å²) in [5.74, 6) is -0.310. The number of hydrogen-bond acceptors (Lipinski definition) is 5. The molecule has 1 aromatic heterocycles. The number of nitrogens with zero attached hydrogens (tertiary/aromatic N) is 1. The Labute approximate surface area is 154 Å². The number of benzene rings is 1. The van der Waals surface area contributed by atoms with Crippen LogP contribution in [0.4, 0.5) is 0 Å². The molecule has 0 atom stereocenters. The minimum Gasteiger partial charge on any atom is -0.425 e. The predicted molar refractivity (Wildman–Crippen MR) is 95.5 cm³/mol. The third-order valence-electron chi connectivity index (χ3n) is 3.13. The lowest BCUT2D eigenvalue weighted by molar-refractivity contribution is -0.134. The highest BCUT2D eigenvalue weighted by atomic mass is 35.5. The van der Waals surface area contributed by atoms with Gasteiger partial charge in [-0.3, -0.25) is 4.79 Å². The van der Waals surface area contributed by atoms with Crippen molar-refractivity contribution in [3.63, 3.8) is 0 Å². The van der Waals surface area contributed by atoms with Crippen LogP contribution in [0.1, 0.15) is 12.8 Å². The fourth-order valence-electron chi connectivity index (χ4n) is 1.86. The second-order valence-corrected chi connectivity index (χ2v) is 8.97. The molecule has 1 aromatic carbocycles. The van der Waals surface area contributed by atoms with Crippen molar-refractivity contribution in [2.75, 3.05) is 13.6 Å². The van der Waals surface area contributed by atoms with Gasteiger partial charge in [-0.05, 0) is 30.0 Å². The minimum absolute atomic E-state index is 0.0626. The smallest absolute Gasteiger partial charge is 0.311 e. The highest BCUT2D eigenvalue weighted by molar-refractivity contribution is 7.91. The number of sulfonamides is 1. The molecule has 0 saturated carbocycles. The van der Waals surface area contributed by atoms with Gasteiger partial charge in [0, 0.05) is 31.1 Å². The van der Waals surface area contributed by atoms with E-state index >= 15 is 0 Å². The molecule has 0 spiro atoms. The van der Waals surface area contributed by atoms with Crippen molar-refractivity contribution in [2.24, 2.45) is 0 Å². The first-order chi connectivity index (χ1) is 11.3. The van der Waals surface area contributed by atoms with E-state index in [4.69, 9.17) is 27.9 Å². The van der Waals surface area contributed by atoms with Crippen LogP contribution in [-0.2, 0) is 14.8 Å². The Morgan fingerprint density at radius 2 is 2.04 bits per heavy atom. The molecule has 5 nitrogen and oxygen atoms in total. The second-order valence-electron chi connectivity index (χ2n) is 4.91. The van der Waals surface area contributed by atoms with E-state index in [0.29, 0.717) is 11.4 Å². The van der Waals surface area contributed by atoms with Crippen LogP contribution in [0.15, 0.2) is 39.9 Å². The van der Waals surface area contributed by atoms with Crippen molar-refractivity contribution in [3.05, 3.63) is 45.8 Å². The molecule has 0 bridgehead atoms. The third-order valence-corrected chi connectivity index (χ3v) is 6.91. The van der Waals surface area contributed by atoms with E-state index in [2.05, 4.69) is 0 Å².